The van der Waals surface area contributed by atoms with Crippen molar-refractivity contribution in [1.82, 2.24) is 0 Å². The standard InChI is InChI=1S/C23H20O6/c1-15(2)22(25)28-19-9-7-17(8-10-19)20-13-18-6-5-16(4-3-11-27-14-24)12-21(18)29-23(20)26/h5-10,12-14H,1,3-4,11H2,2H3. The number of aryl methyl sites for hydroxylation is 1. The number of hydrogen-bond acceptors (Lipinski definition) is 6. The minimum atomic E-state index is -0.503. The second-order valence-corrected chi connectivity index (χ2v) is 6.58. The third kappa shape index (κ3) is 4.99. The van der Waals surface area contributed by atoms with Crippen LogP contribution in [-0.2, 0) is 20.7 Å². The molecule has 0 bridgehead atoms. The van der Waals surface area contributed by atoms with Crippen LogP contribution >= 0.6 is 0 Å². The number of rotatable bonds is 8. The van der Waals surface area contributed by atoms with Crippen molar-refractivity contribution in [3.8, 4) is 16.9 Å². The maximum Gasteiger partial charge on any atom is 0.344 e. The monoisotopic (exact) mass is 392 g/mol. The number of ether oxygens (including phenoxy) is 2. The molecule has 0 spiro atoms. The Hall–Kier alpha value is -3.67. The van der Waals surface area contributed by atoms with Crippen molar-refractivity contribution in [2.75, 3.05) is 6.61 Å². The maximum atomic E-state index is 12.5. The molecule has 148 valence electrons. The maximum absolute atomic E-state index is 12.5. The SMILES string of the molecule is C=C(C)C(=O)Oc1ccc(-c2cc3ccc(CCCOC=O)cc3oc2=O)cc1. The molecular formula is C23H20O6. The molecule has 0 unspecified atom stereocenters. The summed E-state index contributed by atoms with van der Waals surface area (Å²) in [5, 5.41) is 0.797. The smallest absolute Gasteiger partial charge is 0.344 e. The Balaban J connectivity index is 1.82. The summed E-state index contributed by atoms with van der Waals surface area (Å²) in [7, 11) is 0. The minimum absolute atomic E-state index is 0.305. The van der Waals surface area contributed by atoms with Gasteiger partial charge in [0.1, 0.15) is 11.3 Å². The Morgan fingerprint density at radius 2 is 1.90 bits per heavy atom. The first kappa shape index (κ1) is 20.1. The molecular weight excluding hydrogens is 372 g/mol. The topological polar surface area (TPSA) is 82.8 Å². The fourth-order valence-electron chi connectivity index (χ4n) is 2.82. The van der Waals surface area contributed by atoms with Gasteiger partial charge in [0.05, 0.1) is 12.2 Å². The van der Waals surface area contributed by atoms with Crippen molar-refractivity contribution in [2.45, 2.75) is 19.8 Å². The average molecular weight is 392 g/mol. The van der Waals surface area contributed by atoms with Crippen LogP contribution in [0.5, 0.6) is 5.75 Å². The Kier molecular flexibility index (Phi) is 6.24. The minimum Gasteiger partial charge on any atom is -0.468 e. The summed E-state index contributed by atoms with van der Waals surface area (Å²) < 4.78 is 15.3. The van der Waals surface area contributed by atoms with Crippen LogP contribution in [-0.4, -0.2) is 19.0 Å². The Morgan fingerprint density at radius 3 is 2.59 bits per heavy atom. The fraction of sp³-hybridized carbons (Fsp3) is 0.174. The molecule has 1 aromatic heterocycles. The summed E-state index contributed by atoms with van der Waals surface area (Å²) >= 11 is 0. The van der Waals surface area contributed by atoms with Gasteiger partial charge in [-0.2, -0.15) is 0 Å². The van der Waals surface area contributed by atoms with Crippen molar-refractivity contribution in [2.24, 2.45) is 0 Å². The normalized spacial score (nSPS) is 10.5. The van der Waals surface area contributed by atoms with E-state index in [-0.39, 0.29) is 0 Å². The number of fused-ring (bicyclic) bond motifs is 1. The highest BCUT2D eigenvalue weighted by Crippen LogP contribution is 2.24. The molecule has 0 aliphatic rings. The lowest BCUT2D eigenvalue weighted by atomic mass is 10.0. The van der Waals surface area contributed by atoms with Gasteiger partial charge in [0.2, 0.25) is 0 Å². The van der Waals surface area contributed by atoms with Crippen LogP contribution in [0.25, 0.3) is 22.1 Å². The average Bonchev–Trinajstić information content (AvgIpc) is 2.71. The van der Waals surface area contributed by atoms with Gasteiger partial charge in [-0.25, -0.2) is 9.59 Å². The lowest BCUT2D eigenvalue weighted by molar-refractivity contribution is -0.130. The van der Waals surface area contributed by atoms with Gasteiger partial charge < -0.3 is 13.9 Å². The molecule has 0 aliphatic heterocycles. The van der Waals surface area contributed by atoms with Gasteiger partial charge >= 0.3 is 11.6 Å². The van der Waals surface area contributed by atoms with Gasteiger partial charge in [-0.1, -0.05) is 30.8 Å². The summed E-state index contributed by atoms with van der Waals surface area (Å²) in [6.45, 7) is 5.89. The van der Waals surface area contributed by atoms with E-state index in [0.29, 0.717) is 54.0 Å². The molecule has 3 aromatic rings. The number of carbonyl (C=O) groups excluding carboxylic acids is 2. The zero-order valence-electron chi connectivity index (χ0n) is 16.0. The van der Waals surface area contributed by atoms with Gasteiger partial charge in [0.25, 0.3) is 6.47 Å². The molecule has 0 radical (unpaired) electrons. The quantitative estimate of drug-likeness (QED) is 0.144. The predicted octanol–water partition coefficient (Wildman–Crippen LogP) is 4.05. The molecule has 0 saturated heterocycles. The molecule has 1 heterocycles. The van der Waals surface area contributed by atoms with Gasteiger partial charge in [-0.05, 0) is 55.2 Å². The summed E-state index contributed by atoms with van der Waals surface area (Å²) in [6.07, 6.45) is 1.40. The Bertz CT molecular complexity index is 1110. The number of esters is 1. The van der Waals surface area contributed by atoms with Crippen molar-refractivity contribution in [3.63, 3.8) is 0 Å². The van der Waals surface area contributed by atoms with E-state index in [9.17, 15) is 14.4 Å². The summed E-state index contributed by atoms with van der Waals surface area (Å²) in [6, 6.07) is 14.1. The number of carbonyl (C=O) groups is 2. The van der Waals surface area contributed by atoms with Crippen LogP contribution in [0.3, 0.4) is 0 Å². The van der Waals surface area contributed by atoms with Gasteiger partial charge in [-0.15, -0.1) is 0 Å². The molecule has 0 amide bonds. The second-order valence-electron chi connectivity index (χ2n) is 6.58. The zero-order chi connectivity index (χ0) is 20.8. The van der Waals surface area contributed by atoms with Crippen molar-refractivity contribution < 1.29 is 23.5 Å². The number of hydrogen-bond donors (Lipinski definition) is 0. The van der Waals surface area contributed by atoms with E-state index in [1.807, 2.05) is 18.2 Å². The molecule has 6 nitrogen and oxygen atoms in total. The van der Waals surface area contributed by atoms with E-state index >= 15 is 0 Å². The molecule has 0 saturated carbocycles. The highest BCUT2D eigenvalue weighted by atomic mass is 16.5. The number of benzene rings is 2. The summed E-state index contributed by atoms with van der Waals surface area (Å²) in [5.74, 6) is -0.133. The van der Waals surface area contributed by atoms with E-state index in [4.69, 9.17) is 9.15 Å². The first-order valence-corrected chi connectivity index (χ1v) is 9.08. The van der Waals surface area contributed by atoms with E-state index in [0.717, 1.165) is 10.9 Å². The third-order valence-corrected chi connectivity index (χ3v) is 4.32. The van der Waals surface area contributed by atoms with Gasteiger partial charge in [0, 0.05) is 11.0 Å². The lowest BCUT2D eigenvalue weighted by Crippen LogP contribution is -2.08. The molecule has 0 aliphatic carbocycles. The molecule has 29 heavy (non-hydrogen) atoms. The first-order valence-electron chi connectivity index (χ1n) is 9.08. The van der Waals surface area contributed by atoms with Crippen LogP contribution in [0, 0.1) is 0 Å². The molecule has 6 heteroatoms. The third-order valence-electron chi connectivity index (χ3n) is 4.32. The van der Waals surface area contributed by atoms with Gasteiger partial charge in [0.15, 0.2) is 0 Å². The summed E-state index contributed by atoms with van der Waals surface area (Å²) in [4.78, 5) is 34.2. The van der Waals surface area contributed by atoms with Crippen molar-refractivity contribution >= 4 is 23.4 Å². The molecule has 2 aromatic carbocycles. The Morgan fingerprint density at radius 1 is 1.14 bits per heavy atom. The molecule has 0 fully saturated rings. The van der Waals surface area contributed by atoms with Crippen LogP contribution in [0.2, 0.25) is 0 Å². The zero-order valence-corrected chi connectivity index (χ0v) is 16.0. The van der Waals surface area contributed by atoms with Crippen LogP contribution < -0.4 is 10.4 Å². The summed E-state index contributed by atoms with van der Waals surface area (Å²) in [5.41, 5.74) is 2.42. The van der Waals surface area contributed by atoms with E-state index < -0.39 is 11.6 Å². The van der Waals surface area contributed by atoms with Crippen molar-refractivity contribution in [3.05, 3.63) is 76.7 Å². The molecule has 3 rings (SSSR count). The van der Waals surface area contributed by atoms with Crippen LogP contribution in [0.1, 0.15) is 18.9 Å². The molecule has 0 N–H and O–H groups in total. The van der Waals surface area contributed by atoms with E-state index in [1.54, 1.807) is 37.3 Å². The predicted molar refractivity (Wildman–Crippen MR) is 109 cm³/mol. The lowest BCUT2D eigenvalue weighted by Gasteiger charge is -2.07. The van der Waals surface area contributed by atoms with Crippen LogP contribution in [0.15, 0.2) is 69.9 Å². The largest absolute Gasteiger partial charge is 0.468 e. The van der Waals surface area contributed by atoms with Crippen LogP contribution in [0.4, 0.5) is 0 Å². The highest BCUT2D eigenvalue weighted by molar-refractivity contribution is 5.89. The highest BCUT2D eigenvalue weighted by Gasteiger charge is 2.10. The van der Waals surface area contributed by atoms with Crippen molar-refractivity contribution in [1.29, 1.82) is 0 Å². The first-order chi connectivity index (χ1) is 14.0. The second kappa shape index (κ2) is 9.01. The van der Waals surface area contributed by atoms with E-state index in [1.165, 1.54) is 0 Å². The van der Waals surface area contributed by atoms with Gasteiger partial charge in [-0.3, -0.25) is 4.79 Å². The molecule has 0 atom stereocenters. The fourth-order valence-corrected chi connectivity index (χ4v) is 2.82. The van der Waals surface area contributed by atoms with E-state index in [2.05, 4.69) is 11.3 Å². The Labute approximate surface area is 167 Å².